The van der Waals surface area contributed by atoms with Crippen molar-refractivity contribution in [1.29, 1.82) is 0 Å². The number of piperazine rings is 1. The minimum Gasteiger partial charge on any atom is -0.494 e. The molecular weight excluding hydrogens is 890 g/mol. The molecule has 19 nitrogen and oxygen atoms in total. The van der Waals surface area contributed by atoms with Crippen LogP contribution in [0.4, 0.5) is 40.2 Å². The van der Waals surface area contributed by atoms with Gasteiger partial charge in [-0.05, 0) is 61.6 Å². The van der Waals surface area contributed by atoms with Crippen LogP contribution in [0, 0.1) is 0 Å². The molecule has 0 aliphatic carbocycles. The first-order valence-corrected chi connectivity index (χ1v) is 24.2. The summed E-state index contributed by atoms with van der Waals surface area (Å²) in [4.78, 5) is 68.2. The number of hydrogen-bond donors (Lipinski definition) is 5. The van der Waals surface area contributed by atoms with E-state index in [1.807, 2.05) is 23.1 Å². The van der Waals surface area contributed by atoms with Gasteiger partial charge in [-0.1, -0.05) is 30.7 Å². The molecule has 4 amide bonds. The van der Waals surface area contributed by atoms with Gasteiger partial charge in [-0.3, -0.25) is 34.1 Å². The van der Waals surface area contributed by atoms with Gasteiger partial charge in [-0.15, -0.1) is 0 Å². The Hall–Kier alpha value is -6.38. The summed E-state index contributed by atoms with van der Waals surface area (Å²) in [7, 11) is -0.575. The molecule has 1 unspecified atom stereocenters. The number of aromatic nitrogens is 2. The van der Waals surface area contributed by atoms with E-state index in [0.29, 0.717) is 53.3 Å². The number of anilines is 7. The number of piperidine rings is 2. The number of rotatable bonds is 15. The first-order chi connectivity index (χ1) is 31.7. The zero-order valence-corrected chi connectivity index (χ0v) is 38.9. The molecule has 4 aromatic rings. The van der Waals surface area contributed by atoms with Crippen molar-refractivity contribution in [3.8, 4) is 11.5 Å². The summed E-state index contributed by atoms with van der Waals surface area (Å²) in [6, 6.07) is 14.2. The smallest absolute Gasteiger partial charge is 0.255 e. The Balaban J connectivity index is 0.848. The number of para-hydroxylation sites is 1. The Morgan fingerprint density at radius 1 is 0.909 bits per heavy atom. The fourth-order valence-electron chi connectivity index (χ4n) is 9.16. The van der Waals surface area contributed by atoms with Crippen LogP contribution in [0.1, 0.15) is 54.1 Å². The SMILES string of the molecule is CCc1cc(Nc2ncc(Cl)c(Nc3cccc(OC)c3NS(C)(=O)=O)n2)c(OC)cc1N1CCC(N2CCN(C(=O)CNc3cccc4c3CN(C3CCC(=O)NC3=O)C4=O)CC2)CC1. The highest BCUT2D eigenvalue weighted by atomic mass is 35.5. The van der Waals surface area contributed by atoms with Gasteiger partial charge in [0, 0.05) is 86.8 Å². The van der Waals surface area contributed by atoms with Crippen molar-refractivity contribution in [3.05, 3.63) is 76.4 Å². The molecule has 3 fully saturated rings. The largest absolute Gasteiger partial charge is 0.494 e. The second-order valence-corrected chi connectivity index (χ2v) is 18.8. The van der Waals surface area contributed by atoms with Gasteiger partial charge in [-0.25, -0.2) is 13.4 Å². The van der Waals surface area contributed by atoms with Crippen molar-refractivity contribution >= 4 is 85.5 Å². The Morgan fingerprint density at radius 3 is 2.33 bits per heavy atom. The predicted molar refractivity (Wildman–Crippen MR) is 252 cm³/mol. The topological polar surface area (TPSA) is 220 Å². The number of benzene rings is 3. The number of methoxy groups -OCH3 is 2. The molecule has 4 aliphatic rings. The minimum atomic E-state index is -3.64. The summed E-state index contributed by atoms with van der Waals surface area (Å²) in [6.07, 6.45) is 5.69. The lowest BCUT2D eigenvalue weighted by Crippen LogP contribution is -2.55. The monoisotopic (exact) mass is 943 g/mol. The number of nitrogens with one attached hydrogen (secondary N) is 5. The summed E-state index contributed by atoms with van der Waals surface area (Å²) >= 11 is 6.52. The Morgan fingerprint density at radius 2 is 1.64 bits per heavy atom. The molecule has 5 N–H and O–H groups in total. The predicted octanol–water partition coefficient (Wildman–Crippen LogP) is 4.55. The molecule has 1 aromatic heterocycles. The minimum absolute atomic E-state index is 0.0153. The first-order valence-electron chi connectivity index (χ1n) is 21.9. The third kappa shape index (κ3) is 10.0. The van der Waals surface area contributed by atoms with Gasteiger partial charge in [0.15, 0.2) is 5.82 Å². The third-order valence-electron chi connectivity index (χ3n) is 12.6. The van der Waals surface area contributed by atoms with Crippen LogP contribution in [0.15, 0.2) is 54.7 Å². The number of amides is 4. The standard InChI is InChI=1S/C45H54ClN11O8S/c1-5-27-22-34(50-45-48-24-31(46)42(52-45)49-33-10-7-11-37(64-2)41(33)53-66(4,62)63)38(65-3)23-36(27)55-16-14-28(15-17-55)54-18-20-56(21-19-54)40(59)25-47-32-9-6-8-29-30(32)26-57(44(29)61)35-12-13-39(58)51-43(35)60/h6-11,22-24,28,35,47,53H,5,12-21,25-26H2,1-4H3,(H,51,58,60)(H2,48,49,50,52). The zero-order chi connectivity index (χ0) is 46.7. The summed E-state index contributed by atoms with van der Waals surface area (Å²) in [5.41, 5.74) is 5.41. The Kier molecular flexibility index (Phi) is 13.7. The van der Waals surface area contributed by atoms with E-state index in [4.69, 9.17) is 21.1 Å². The molecule has 0 spiro atoms. The molecule has 350 valence electrons. The molecule has 5 heterocycles. The lowest BCUT2D eigenvalue weighted by atomic mass is 9.99. The van der Waals surface area contributed by atoms with Gasteiger partial charge < -0.3 is 40.1 Å². The third-order valence-corrected chi connectivity index (χ3v) is 13.4. The van der Waals surface area contributed by atoms with E-state index in [0.717, 1.165) is 68.5 Å². The number of imide groups is 1. The van der Waals surface area contributed by atoms with E-state index in [-0.39, 0.29) is 66.1 Å². The molecular formula is C45H54ClN11O8S. The van der Waals surface area contributed by atoms with Crippen molar-refractivity contribution < 1.29 is 37.1 Å². The maximum absolute atomic E-state index is 13.4. The quantitative estimate of drug-likeness (QED) is 0.103. The summed E-state index contributed by atoms with van der Waals surface area (Å²) in [6.45, 7) is 6.95. The van der Waals surface area contributed by atoms with Crippen LogP contribution in [-0.2, 0) is 37.4 Å². The highest BCUT2D eigenvalue weighted by Gasteiger charge is 2.40. The fraction of sp³-hybridized carbons (Fsp3) is 0.422. The fourth-order valence-corrected chi connectivity index (χ4v) is 9.88. The van der Waals surface area contributed by atoms with E-state index in [1.54, 1.807) is 37.4 Å². The molecule has 1 atom stereocenters. The number of ether oxygens (including phenoxy) is 2. The van der Waals surface area contributed by atoms with E-state index in [2.05, 4.69) is 52.7 Å². The number of fused-ring (bicyclic) bond motifs is 1. The average molecular weight is 945 g/mol. The normalized spacial score (nSPS) is 18.2. The number of nitrogens with zero attached hydrogens (tertiary/aromatic N) is 6. The molecule has 3 aromatic carbocycles. The number of halogens is 1. The Bertz CT molecular complexity index is 2640. The van der Waals surface area contributed by atoms with E-state index in [9.17, 15) is 27.6 Å². The number of sulfonamides is 1. The zero-order valence-electron chi connectivity index (χ0n) is 37.3. The van der Waals surface area contributed by atoms with Crippen LogP contribution < -0.4 is 40.4 Å². The summed E-state index contributed by atoms with van der Waals surface area (Å²) < 4.78 is 38.1. The maximum Gasteiger partial charge on any atom is 0.255 e. The van der Waals surface area contributed by atoms with E-state index in [1.165, 1.54) is 18.2 Å². The van der Waals surface area contributed by atoms with E-state index >= 15 is 0 Å². The van der Waals surface area contributed by atoms with Crippen LogP contribution in [0.5, 0.6) is 11.5 Å². The molecule has 3 saturated heterocycles. The second-order valence-electron chi connectivity index (χ2n) is 16.7. The molecule has 0 radical (unpaired) electrons. The van der Waals surface area contributed by atoms with Gasteiger partial charge >= 0.3 is 0 Å². The van der Waals surface area contributed by atoms with Crippen molar-refractivity contribution in [2.75, 3.05) is 91.9 Å². The maximum atomic E-state index is 13.4. The highest BCUT2D eigenvalue weighted by Crippen LogP contribution is 2.39. The summed E-state index contributed by atoms with van der Waals surface area (Å²) in [5, 5.41) is 12.2. The van der Waals surface area contributed by atoms with Gasteiger partial charge in [-0.2, -0.15) is 4.98 Å². The highest BCUT2D eigenvalue weighted by molar-refractivity contribution is 7.92. The van der Waals surface area contributed by atoms with Crippen molar-refractivity contribution in [2.45, 2.75) is 57.7 Å². The first kappa shape index (κ1) is 46.2. The lowest BCUT2D eigenvalue weighted by molar-refractivity contribution is -0.137. The number of carbonyl (C=O) groups excluding carboxylic acids is 4. The lowest BCUT2D eigenvalue weighted by Gasteiger charge is -2.43. The van der Waals surface area contributed by atoms with Gasteiger partial charge in [0.05, 0.1) is 44.6 Å². The summed E-state index contributed by atoms with van der Waals surface area (Å²) in [5.74, 6) is 0.351. The van der Waals surface area contributed by atoms with Crippen LogP contribution in [-0.4, -0.2) is 135 Å². The molecule has 4 aliphatic heterocycles. The van der Waals surface area contributed by atoms with Crippen LogP contribution in [0.3, 0.4) is 0 Å². The number of aryl methyl sites for hydroxylation is 1. The van der Waals surface area contributed by atoms with Gasteiger partial charge in [0.2, 0.25) is 33.7 Å². The van der Waals surface area contributed by atoms with Crippen LogP contribution in [0.2, 0.25) is 5.02 Å². The van der Waals surface area contributed by atoms with Gasteiger partial charge in [0.25, 0.3) is 5.91 Å². The molecule has 0 saturated carbocycles. The second kappa shape index (κ2) is 19.6. The van der Waals surface area contributed by atoms with Crippen molar-refractivity contribution in [1.82, 2.24) is 30.0 Å². The molecule has 66 heavy (non-hydrogen) atoms. The van der Waals surface area contributed by atoms with Crippen molar-refractivity contribution in [3.63, 3.8) is 0 Å². The average Bonchev–Trinajstić information content (AvgIpc) is 3.65. The number of hydrogen-bond acceptors (Lipinski definition) is 15. The molecule has 21 heteroatoms. The van der Waals surface area contributed by atoms with E-state index < -0.39 is 22.0 Å². The van der Waals surface area contributed by atoms with Crippen LogP contribution in [0.25, 0.3) is 0 Å². The number of carbonyl (C=O) groups is 4. The van der Waals surface area contributed by atoms with Crippen LogP contribution >= 0.6 is 11.6 Å². The molecule has 0 bridgehead atoms. The molecule has 8 rings (SSSR count). The Labute approximate surface area is 388 Å². The van der Waals surface area contributed by atoms with Crippen molar-refractivity contribution in [2.24, 2.45) is 0 Å². The van der Waals surface area contributed by atoms with Gasteiger partial charge in [0.1, 0.15) is 28.3 Å².